The van der Waals surface area contributed by atoms with Gasteiger partial charge in [0.1, 0.15) is 18.1 Å². The number of carbonyl (C=O) groups excluding carboxylic acids is 1. The van der Waals surface area contributed by atoms with Crippen molar-refractivity contribution < 1.29 is 14.3 Å². The van der Waals surface area contributed by atoms with Crippen molar-refractivity contribution in [2.45, 2.75) is 20.5 Å². The van der Waals surface area contributed by atoms with Crippen molar-refractivity contribution in [2.75, 3.05) is 11.9 Å². The smallest absolute Gasteiger partial charge is 0.255 e. The minimum absolute atomic E-state index is 0.159. The minimum Gasteiger partial charge on any atom is -0.493 e. The third-order valence-electron chi connectivity index (χ3n) is 4.06. The first-order valence-corrected chi connectivity index (χ1v) is 9.41. The molecule has 0 aliphatic rings. The highest BCUT2D eigenvalue weighted by atomic mass is 16.5. The van der Waals surface area contributed by atoms with Crippen molar-refractivity contribution in [3.63, 3.8) is 0 Å². The van der Waals surface area contributed by atoms with Crippen molar-refractivity contribution in [1.29, 1.82) is 0 Å². The summed E-state index contributed by atoms with van der Waals surface area (Å²) >= 11 is 0. The SMILES string of the molecule is CC(C)COc1ccc(C(=O)Nc2ccc(OCc3ccccc3)cc2)cc1. The van der Waals surface area contributed by atoms with Crippen molar-refractivity contribution in [1.82, 2.24) is 0 Å². The number of anilines is 1. The van der Waals surface area contributed by atoms with Crippen LogP contribution in [0.25, 0.3) is 0 Å². The number of nitrogens with one attached hydrogen (secondary N) is 1. The Morgan fingerprint density at radius 2 is 1.43 bits per heavy atom. The van der Waals surface area contributed by atoms with E-state index in [0.29, 0.717) is 24.7 Å². The van der Waals surface area contributed by atoms with E-state index in [2.05, 4.69) is 19.2 Å². The molecule has 1 N–H and O–H groups in total. The molecule has 3 aromatic rings. The maximum Gasteiger partial charge on any atom is 0.255 e. The van der Waals surface area contributed by atoms with Crippen LogP contribution in [0, 0.1) is 5.92 Å². The van der Waals surface area contributed by atoms with Crippen molar-refractivity contribution in [3.8, 4) is 11.5 Å². The second kappa shape index (κ2) is 9.60. The van der Waals surface area contributed by atoms with E-state index in [4.69, 9.17) is 9.47 Å². The van der Waals surface area contributed by atoms with Gasteiger partial charge in [0, 0.05) is 11.3 Å². The Kier molecular flexibility index (Phi) is 6.68. The van der Waals surface area contributed by atoms with Crippen LogP contribution in [-0.2, 0) is 6.61 Å². The van der Waals surface area contributed by atoms with Crippen LogP contribution in [0.4, 0.5) is 5.69 Å². The molecule has 4 nitrogen and oxygen atoms in total. The lowest BCUT2D eigenvalue weighted by Gasteiger charge is -2.10. The molecule has 3 aromatic carbocycles. The van der Waals surface area contributed by atoms with Gasteiger partial charge >= 0.3 is 0 Å². The molecule has 0 heterocycles. The van der Waals surface area contributed by atoms with E-state index in [9.17, 15) is 4.79 Å². The Hall–Kier alpha value is -3.27. The van der Waals surface area contributed by atoms with E-state index >= 15 is 0 Å². The predicted molar refractivity (Wildman–Crippen MR) is 112 cm³/mol. The van der Waals surface area contributed by atoms with Crippen molar-refractivity contribution in [2.24, 2.45) is 5.92 Å². The molecule has 0 saturated heterocycles. The highest BCUT2D eigenvalue weighted by molar-refractivity contribution is 6.04. The van der Waals surface area contributed by atoms with Gasteiger partial charge in [0.05, 0.1) is 6.61 Å². The molecular weight excluding hydrogens is 350 g/mol. The Balaban J connectivity index is 1.52. The van der Waals surface area contributed by atoms with E-state index in [0.717, 1.165) is 22.7 Å². The summed E-state index contributed by atoms with van der Waals surface area (Å²) in [5, 5.41) is 2.89. The van der Waals surface area contributed by atoms with E-state index in [1.54, 1.807) is 12.1 Å². The maximum atomic E-state index is 12.4. The molecule has 0 unspecified atom stereocenters. The summed E-state index contributed by atoms with van der Waals surface area (Å²) in [5.74, 6) is 1.83. The average molecular weight is 375 g/mol. The van der Waals surface area contributed by atoms with Crippen LogP contribution >= 0.6 is 0 Å². The fourth-order valence-corrected chi connectivity index (χ4v) is 2.54. The topological polar surface area (TPSA) is 47.6 Å². The van der Waals surface area contributed by atoms with Gasteiger partial charge in [-0.15, -0.1) is 0 Å². The lowest BCUT2D eigenvalue weighted by molar-refractivity contribution is 0.102. The Bertz CT molecular complexity index is 872. The third-order valence-corrected chi connectivity index (χ3v) is 4.06. The molecule has 28 heavy (non-hydrogen) atoms. The van der Waals surface area contributed by atoms with Crippen LogP contribution in [0.2, 0.25) is 0 Å². The van der Waals surface area contributed by atoms with E-state index in [-0.39, 0.29) is 5.91 Å². The molecule has 4 heteroatoms. The lowest BCUT2D eigenvalue weighted by atomic mass is 10.2. The van der Waals surface area contributed by atoms with Crippen molar-refractivity contribution >= 4 is 11.6 Å². The number of amides is 1. The number of ether oxygens (including phenoxy) is 2. The first-order valence-electron chi connectivity index (χ1n) is 9.41. The summed E-state index contributed by atoms with van der Waals surface area (Å²) in [4.78, 5) is 12.4. The Labute approximate surface area is 166 Å². The van der Waals surface area contributed by atoms with Crippen LogP contribution in [0.3, 0.4) is 0 Å². The molecule has 0 saturated carbocycles. The summed E-state index contributed by atoms with van der Waals surface area (Å²) in [7, 11) is 0. The zero-order valence-corrected chi connectivity index (χ0v) is 16.2. The van der Waals surface area contributed by atoms with Gasteiger partial charge in [0.2, 0.25) is 0 Å². The fourth-order valence-electron chi connectivity index (χ4n) is 2.54. The third kappa shape index (κ3) is 5.88. The Morgan fingerprint density at radius 3 is 2.07 bits per heavy atom. The summed E-state index contributed by atoms with van der Waals surface area (Å²) in [6.07, 6.45) is 0. The molecule has 0 aliphatic carbocycles. The molecule has 1 amide bonds. The molecular formula is C24H25NO3. The normalized spacial score (nSPS) is 10.5. The molecule has 0 radical (unpaired) electrons. The van der Waals surface area contributed by atoms with Crippen LogP contribution in [0.15, 0.2) is 78.9 Å². The number of hydrogen-bond donors (Lipinski definition) is 1. The van der Waals surface area contributed by atoms with Crippen LogP contribution in [0.1, 0.15) is 29.8 Å². The quantitative estimate of drug-likeness (QED) is 0.561. The molecule has 0 atom stereocenters. The van der Waals surface area contributed by atoms with Gasteiger partial charge in [-0.25, -0.2) is 0 Å². The van der Waals surface area contributed by atoms with E-state index < -0.39 is 0 Å². The van der Waals surface area contributed by atoms with Gasteiger partial charge in [0.25, 0.3) is 5.91 Å². The number of hydrogen-bond acceptors (Lipinski definition) is 3. The lowest BCUT2D eigenvalue weighted by Crippen LogP contribution is -2.12. The van der Waals surface area contributed by atoms with Crippen LogP contribution < -0.4 is 14.8 Å². The summed E-state index contributed by atoms with van der Waals surface area (Å²) in [6, 6.07) is 24.5. The zero-order valence-electron chi connectivity index (χ0n) is 16.2. The summed E-state index contributed by atoms with van der Waals surface area (Å²) in [5.41, 5.74) is 2.42. The first-order chi connectivity index (χ1) is 13.6. The molecule has 0 fully saturated rings. The van der Waals surface area contributed by atoms with Gasteiger partial charge < -0.3 is 14.8 Å². The second-order valence-corrected chi connectivity index (χ2v) is 6.98. The first kappa shape index (κ1) is 19.5. The van der Waals surface area contributed by atoms with E-state index in [1.807, 2.05) is 66.7 Å². The van der Waals surface area contributed by atoms with Crippen LogP contribution in [-0.4, -0.2) is 12.5 Å². The largest absolute Gasteiger partial charge is 0.493 e. The summed E-state index contributed by atoms with van der Waals surface area (Å²) < 4.78 is 11.4. The highest BCUT2D eigenvalue weighted by Crippen LogP contribution is 2.19. The highest BCUT2D eigenvalue weighted by Gasteiger charge is 2.07. The second-order valence-electron chi connectivity index (χ2n) is 6.98. The average Bonchev–Trinajstić information content (AvgIpc) is 2.73. The number of rotatable bonds is 8. The molecule has 0 aromatic heterocycles. The summed E-state index contributed by atoms with van der Waals surface area (Å²) in [6.45, 7) is 5.36. The molecule has 144 valence electrons. The van der Waals surface area contributed by atoms with Gasteiger partial charge in [-0.2, -0.15) is 0 Å². The van der Waals surface area contributed by atoms with Crippen molar-refractivity contribution in [3.05, 3.63) is 90.0 Å². The van der Waals surface area contributed by atoms with Crippen LogP contribution in [0.5, 0.6) is 11.5 Å². The number of carbonyl (C=O) groups is 1. The van der Waals surface area contributed by atoms with Gasteiger partial charge in [0.15, 0.2) is 0 Å². The molecule has 0 aliphatic heterocycles. The van der Waals surface area contributed by atoms with E-state index in [1.165, 1.54) is 0 Å². The zero-order chi connectivity index (χ0) is 19.8. The van der Waals surface area contributed by atoms with Gasteiger partial charge in [-0.05, 0) is 60.0 Å². The minimum atomic E-state index is -0.159. The number of benzene rings is 3. The predicted octanol–water partition coefficient (Wildman–Crippen LogP) is 5.55. The Morgan fingerprint density at radius 1 is 0.821 bits per heavy atom. The van der Waals surface area contributed by atoms with Gasteiger partial charge in [-0.3, -0.25) is 4.79 Å². The molecule has 0 bridgehead atoms. The maximum absolute atomic E-state index is 12.4. The standard InChI is InChI=1S/C24H25NO3/c1-18(2)16-27-22-12-8-20(9-13-22)24(26)25-21-10-14-23(15-11-21)28-17-19-6-4-3-5-7-19/h3-15,18H,16-17H2,1-2H3,(H,25,26). The van der Waals surface area contributed by atoms with Gasteiger partial charge in [-0.1, -0.05) is 44.2 Å². The molecule has 0 spiro atoms. The molecule has 3 rings (SSSR count). The monoisotopic (exact) mass is 375 g/mol. The fraction of sp³-hybridized carbons (Fsp3) is 0.208.